The predicted molar refractivity (Wildman–Crippen MR) is 120 cm³/mol. The predicted octanol–water partition coefficient (Wildman–Crippen LogP) is 6.42. The van der Waals surface area contributed by atoms with Crippen LogP contribution in [-0.2, 0) is 19.1 Å². The largest absolute Gasteiger partial charge is 0.418 e. The van der Waals surface area contributed by atoms with Gasteiger partial charge in [0.05, 0.1) is 16.3 Å². The molecule has 0 saturated heterocycles. The minimum Gasteiger partial charge on any atom is -0.331 e. The molecule has 0 radical (unpaired) electrons. The number of rotatable bonds is 4. The topological polar surface area (TPSA) is 38.1 Å². The molecule has 1 aromatic heterocycles. The van der Waals surface area contributed by atoms with Crippen molar-refractivity contribution in [1.29, 1.82) is 0 Å². The molecule has 0 atom stereocenters. The monoisotopic (exact) mass is 473 g/mol. The lowest BCUT2D eigenvalue weighted by Gasteiger charge is -2.30. The van der Waals surface area contributed by atoms with Gasteiger partial charge in [0, 0.05) is 36.1 Å². The van der Waals surface area contributed by atoms with Crippen molar-refractivity contribution in [3.8, 4) is 5.69 Å². The average Bonchev–Trinajstić information content (AvgIpc) is 3.43. The highest BCUT2D eigenvalue weighted by atomic mass is 35.5. The molecule has 2 heterocycles. The van der Waals surface area contributed by atoms with E-state index in [9.17, 15) is 18.0 Å². The van der Waals surface area contributed by atoms with Crippen LogP contribution >= 0.6 is 11.6 Å². The van der Waals surface area contributed by atoms with Gasteiger partial charge in [0.2, 0.25) is 0 Å². The molecule has 0 N–H and O–H groups in total. The summed E-state index contributed by atoms with van der Waals surface area (Å²) in [4.78, 5) is 14.9. The molecule has 1 aliphatic heterocycles. The van der Waals surface area contributed by atoms with Gasteiger partial charge in [0.1, 0.15) is 0 Å². The fourth-order valence-corrected chi connectivity index (χ4v) is 5.42. The third-order valence-corrected chi connectivity index (χ3v) is 7.08. The number of hydrogen-bond acceptors (Lipinski definition) is 2. The minimum absolute atomic E-state index is 0.0249. The van der Waals surface area contributed by atoms with E-state index in [-0.39, 0.29) is 35.5 Å². The van der Waals surface area contributed by atoms with Crippen LogP contribution in [0.3, 0.4) is 0 Å². The maximum Gasteiger partial charge on any atom is 0.418 e. The van der Waals surface area contributed by atoms with Gasteiger partial charge < -0.3 is 4.90 Å². The maximum absolute atomic E-state index is 14.1. The first-order valence-corrected chi connectivity index (χ1v) is 11.5. The van der Waals surface area contributed by atoms with Crippen LogP contribution in [0, 0.1) is 0 Å². The summed E-state index contributed by atoms with van der Waals surface area (Å²) >= 11 is 6.36. The van der Waals surface area contributed by atoms with Crippen molar-refractivity contribution in [2.24, 2.45) is 0 Å². The molecule has 2 aromatic carbocycles. The van der Waals surface area contributed by atoms with Crippen LogP contribution in [0.4, 0.5) is 13.2 Å². The Bertz CT molecular complexity index is 1170. The standard InChI is InChI=1S/C25H23ClF3N3O/c26-23-21-15-31(18-5-2-1-3-6-18)24(33)20(21)14-17(22(23)25(27,28)29)13-16-7-9-19(10-8-16)32-12-4-11-30-32/h4,7-12,14,18H,1-3,5-6,13,15H2. The normalized spacial score (nSPS) is 17.0. The summed E-state index contributed by atoms with van der Waals surface area (Å²) in [5, 5.41) is 3.82. The van der Waals surface area contributed by atoms with Crippen molar-refractivity contribution in [1.82, 2.24) is 14.7 Å². The van der Waals surface area contributed by atoms with E-state index in [2.05, 4.69) is 5.10 Å². The zero-order valence-corrected chi connectivity index (χ0v) is 18.7. The molecule has 2 aliphatic rings. The van der Waals surface area contributed by atoms with Gasteiger partial charge in [-0.05, 0) is 54.7 Å². The lowest BCUT2D eigenvalue weighted by atomic mass is 9.94. The van der Waals surface area contributed by atoms with Gasteiger partial charge in [-0.15, -0.1) is 0 Å². The van der Waals surface area contributed by atoms with E-state index in [0.29, 0.717) is 16.7 Å². The zero-order chi connectivity index (χ0) is 23.2. The number of aromatic nitrogens is 2. The number of carbonyl (C=O) groups excluding carboxylic acids is 1. The highest BCUT2D eigenvalue weighted by Crippen LogP contribution is 2.44. The van der Waals surface area contributed by atoms with Crippen LogP contribution in [-0.4, -0.2) is 26.6 Å². The lowest BCUT2D eigenvalue weighted by molar-refractivity contribution is -0.138. The Morgan fingerprint density at radius 3 is 2.45 bits per heavy atom. The first kappa shape index (κ1) is 22.0. The molecule has 1 amide bonds. The molecule has 1 saturated carbocycles. The molecule has 5 rings (SSSR count). The first-order chi connectivity index (χ1) is 15.8. The summed E-state index contributed by atoms with van der Waals surface area (Å²) < 4.78 is 43.9. The van der Waals surface area contributed by atoms with Gasteiger partial charge in [-0.2, -0.15) is 18.3 Å². The Labute approximate surface area is 195 Å². The van der Waals surface area contributed by atoms with Gasteiger partial charge in [-0.3, -0.25) is 4.79 Å². The van der Waals surface area contributed by atoms with Crippen molar-refractivity contribution in [3.63, 3.8) is 0 Å². The second-order valence-corrected chi connectivity index (χ2v) is 9.15. The van der Waals surface area contributed by atoms with Gasteiger partial charge in [0.15, 0.2) is 0 Å². The van der Waals surface area contributed by atoms with E-state index in [1.807, 2.05) is 0 Å². The second kappa shape index (κ2) is 8.52. The number of carbonyl (C=O) groups is 1. The highest BCUT2D eigenvalue weighted by molar-refractivity contribution is 6.33. The smallest absolute Gasteiger partial charge is 0.331 e. The fourth-order valence-electron chi connectivity index (χ4n) is 5.03. The Morgan fingerprint density at radius 1 is 1.09 bits per heavy atom. The molecular formula is C25H23ClF3N3O. The van der Waals surface area contributed by atoms with Crippen LogP contribution < -0.4 is 0 Å². The van der Waals surface area contributed by atoms with Crippen molar-refractivity contribution >= 4 is 17.5 Å². The molecule has 0 bridgehead atoms. The molecule has 0 unspecified atom stereocenters. The summed E-state index contributed by atoms with van der Waals surface area (Å²) in [5.74, 6) is -0.206. The number of hydrogen-bond donors (Lipinski definition) is 0. The number of alkyl halides is 3. The van der Waals surface area contributed by atoms with Crippen LogP contribution in [0.5, 0.6) is 0 Å². The number of benzene rings is 2. The van der Waals surface area contributed by atoms with E-state index in [1.165, 1.54) is 6.07 Å². The van der Waals surface area contributed by atoms with E-state index in [1.54, 1.807) is 52.3 Å². The molecule has 4 nitrogen and oxygen atoms in total. The molecule has 3 aromatic rings. The Balaban J connectivity index is 1.50. The fraction of sp³-hybridized carbons (Fsp3) is 0.360. The van der Waals surface area contributed by atoms with Crippen LogP contribution in [0.1, 0.15) is 64.7 Å². The Morgan fingerprint density at radius 2 is 1.82 bits per heavy atom. The number of fused-ring (bicyclic) bond motifs is 1. The van der Waals surface area contributed by atoms with E-state index in [0.717, 1.165) is 37.8 Å². The molecule has 8 heteroatoms. The quantitative estimate of drug-likeness (QED) is 0.438. The number of halogens is 4. The minimum atomic E-state index is -4.61. The van der Waals surface area contributed by atoms with Crippen molar-refractivity contribution in [2.75, 3.05) is 0 Å². The summed E-state index contributed by atoms with van der Waals surface area (Å²) in [7, 11) is 0. The molecule has 1 fully saturated rings. The van der Waals surface area contributed by atoms with Crippen LogP contribution in [0.2, 0.25) is 5.02 Å². The number of nitrogens with zero attached hydrogens (tertiary/aromatic N) is 3. The second-order valence-electron chi connectivity index (χ2n) is 8.77. The van der Waals surface area contributed by atoms with Gasteiger partial charge in [-0.1, -0.05) is 43.0 Å². The van der Waals surface area contributed by atoms with Gasteiger partial charge in [-0.25, -0.2) is 4.68 Å². The van der Waals surface area contributed by atoms with E-state index in [4.69, 9.17) is 11.6 Å². The van der Waals surface area contributed by atoms with E-state index < -0.39 is 11.7 Å². The summed E-state index contributed by atoms with van der Waals surface area (Å²) in [6.45, 7) is 0.152. The van der Waals surface area contributed by atoms with Crippen molar-refractivity contribution < 1.29 is 18.0 Å². The van der Waals surface area contributed by atoms with Gasteiger partial charge >= 0.3 is 6.18 Å². The highest BCUT2D eigenvalue weighted by Gasteiger charge is 2.42. The Hall–Kier alpha value is -2.80. The van der Waals surface area contributed by atoms with Crippen molar-refractivity contribution in [2.45, 2.75) is 57.3 Å². The molecule has 0 spiro atoms. The summed E-state index contributed by atoms with van der Waals surface area (Å²) in [6.07, 6.45) is 3.84. The third kappa shape index (κ3) is 4.14. The molecule has 172 valence electrons. The average molecular weight is 474 g/mol. The molecule has 1 aliphatic carbocycles. The zero-order valence-electron chi connectivity index (χ0n) is 17.9. The molecular weight excluding hydrogens is 451 g/mol. The summed E-state index contributed by atoms with van der Waals surface area (Å²) in [5.41, 5.74) is 1.31. The third-order valence-electron chi connectivity index (χ3n) is 6.67. The SMILES string of the molecule is O=C1c2cc(Cc3ccc(-n4cccn4)cc3)c(C(F)(F)F)c(Cl)c2CN1C1CCCCC1. The maximum atomic E-state index is 14.1. The van der Waals surface area contributed by atoms with Gasteiger partial charge in [0.25, 0.3) is 5.91 Å². The Kier molecular flexibility index (Phi) is 5.69. The molecule has 33 heavy (non-hydrogen) atoms. The van der Waals surface area contributed by atoms with Crippen LogP contribution in [0.25, 0.3) is 5.69 Å². The lowest BCUT2D eigenvalue weighted by Crippen LogP contribution is -2.36. The van der Waals surface area contributed by atoms with Crippen molar-refractivity contribution in [3.05, 3.63) is 81.6 Å². The summed E-state index contributed by atoms with van der Waals surface area (Å²) in [6, 6.07) is 10.4. The van der Waals surface area contributed by atoms with E-state index >= 15 is 0 Å². The number of amides is 1. The van der Waals surface area contributed by atoms with Crippen LogP contribution in [0.15, 0.2) is 48.8 Å². The first-order valence-electron chi connectivity index (χ1n) is 11.1.